The smallest absolute Gasteiger partial charge is 0.507 e. The number of benzene rings is 4. The lowest BCUT2D eigenvalue weighted by Gasteiger charge is -2.29. The summed E-state index contributed by atoms with van der Waals surface area (Å²) in [7, 11) is 1.33. The molecule has 0 aliphatic carbocycles. The van der Waals surface area contributed by atoms with Gasteiger partial charge in [0.2, 0.25) is 35.4 Å². The largest absolute Gasteiger partial charge is 0.513 e. The molecule has 2 heterocycles. The average Bonchev–Trinajstić information content (AvgIpc) is 3.93. The molecule has 1 unspecified atom stereocenters. The van der Waals surface area contributed by atoms with Crippen LogP contribution in [0.25, 0.3) is 22.3 Å². The van der Waals surface area contributed by atoms with Gasteiger partial charge < -0.3 is 51.0 Å². The minimum Gasteiger partial charge on any atom is -0.507 e. The van der Waals surface area contributed by atoms with E-state index in [2.05, 4.69) is 57.8 Å². The van der Waals surface area contributed by atoms with Crippen LogP contribution in [0, 0.1) is 11.8 Å². The normalized spacial score (nSPS) is 16.1. The maximum Gasteiger partial charge on any atom is 0.513 e. The molecule has 18 nitrogen and oxygen atoms in total. The number of amides is 7. The summed E-state index contributed by atoms with van der Waals surface area (Å²) in [6.45, 7) is 7.12. The second kappa shape index (κ2) is 25.4. The lowest BCUT2D eigenvalue weighted by Crippen LogP contribution is -2.53. The van der Waals surface area contributed by atoms with Crippen LogP contribution >= 0.6 is 0 Å². The Bertz CT molecular complexity index is 2610. The monoisotopic (exact) mass is 987 g/mol. The Labute approximate surface area is 419 Å². The lowest BCUT2D eigenvalue weighted by molar-refractivity contribution is -0.140. The van der Waals surface area contributed by atoms with Crippen molar-refractivity contribution in [3.8, 4) is 33.8 Å². The molecular weight excluding hydrogens is 923 g/mol. The van der Waals surface area contributed by atoms with Crippen LogP contribution in [0.2, 0.25) is 0 Å². The van der Waals surface area contributed by atoms with Gasteiger partial charge in [0.1, 0.15) is 23.6 Å². The van der Waals surface area contributed by atoms with E-state index in [-0.39, 0.29) is 72.0 Å². The van der Waals surface area contributed by atoms with Gasteiger partial charge in [0.05, 0.1) is 32.2 Å². The van der Waals surface area contributed by atoms with Gasteiger partial charge in [0.25, 0.3) is 5.91 Å². The lowest BCUT2D eigenvalue weighted by atomic mass is 9.94. The first-order chi connectivity index (χ1) is 34.5. The van der Waals surface area contributed by atoms with Gasteiger partial charge in [0, 0.05) is 49.8 Å². The number of nitrogens with one attached hydrogen (secondary N) is 5. The Kier molecular flexibility index (Phi) is 18.9. The molecule has 0 radical (unpaired) electrons. The van der Waals surface area contributed by atoms with Crippen molar-refractivity contribution in [1.82, 2.24) is 36.4 Å². The molecule has 6 N–H and O–H groups in total. The molecule has 7 amide bonds. The molecule has 0 aromatic heterocycles. The third-order valence-corrected chi connectivity index (χ3v) is 12.5. The second-order valence-corrected chi connectivity index (χ2v) is 18.6. The van der Waals surface area contributed by atoms with Gasteiger partial charge in [-0.3, -0.25) is 33.6 Å². The third kappa shape index (κ3) is 14.6. The zero-order chi connectivity index (χ0) is 51.9. The van der Waals surface area contributed by atoms with Gasteiger partial charge in [-0.2, -0.15) is 0 Å². The molecule has 4 bridgehead atoms. The fourth-order valence-electron chi connectivity index (χ4n) is 8.27. The highest BCUT2D eigenvalue weighted by atomic mass is 16.7. The van der Waals surface area contributed by atoms with Crippen molar-refractivity contribution in [3.05, 3.63) is 107 Å². The maximum absolute atomic E-state index is 14.2. The van der Waals surface area contributed by atoms with E-state index in [4.69, 9.17) is 9.47 Å². The van der Waals surface area contributed by atoms with E-state index in [1.54, 1.807) is 30.0 Å². The fraction of sp³-hybridized carbons (Fsp3) is 0.407. The zero-order valence-electron chi connectivity index (χ0n) is 41.5. The minimum absolute atomic E-state index is 0.0118. The fourth-order valence-corrected chi connectivity index (χ4v) is 8.27. The first kappa shape index (κ1) is 53.6. The minimum atomic E-state index is -1.47. The third-order valence-electron chi connectivity index (χ3n) is 12.5. The Morgan fingerprint density at radius 3 is 2.21 bits per heavy atom. The van der Waals surface area contributed by atoms with Crippen molar-refractivity contribution >= 4 is 47.5 Å². The number of likely N-dealkylation sites (tertiary alicyclic amines) is 1. The number of unbranched alkanes of at least 4 members (excludes halogenated alkanes) is 1. The van der Waals surface area contributed by atoms with Gasteiger partial charge in [-0.05, 0) is 95.8 Å². The van der Waals surface area contributed by atoms with Crippen LogP contribution in [0.5, 0.6) is 11.5 Å². The van der Waals surface area contributed by atoms with Gasteiger partial charge in [-0.15, -0.1) is 0 Å². The number of likely N-dealkylation sites (N-methyl/N-ethyl adjacent to an activating group) is 1. The summed E-state index contributed by atoms with van der Waals surface area (Å²) in [4.78, 5) is 110. The van der Waals surface area contributed by atoms with Crippen LogP contribution in [-0.2, 0) is 46.3 Å². The van der Waals surface area contributed by atoms with E-state index in [9.17, 15) is 43.5 Å². The summed E-state index contributed by atoms with van der Waals surface area (Å²) in [5.41, 5.74) is 4.50. The van der Waals surface area contributed by atoms with E-state index in [0.29, 0.717) is 24.2 Å². The number of rotatable bonds is 17. The number of carbonyl (C=O) groups is 8. The topological polar surface area (TPSA) is 242 Å². The molecule has 2 aliphatic rings. The molecular formula is C54H65N7O11. The van der Waals surface area contributed by atoms with Gasteiger partial charge in [0.15, 0.2) is 0 Å². The number of carbonyl (C=O) groups excluding carboxylic acids is 8. The predicted molar refractivity (Wildman–Crippen MR) is 268 cm³/mol. The molecule has 1 saturated heterocycles. The summed E-state index contributed by atoms with van der Waals surface area (Å²) >= 11 is 0. The molecule has 1 fully saturated rings. The standard InChI is InChI=1S/C54H65N7O11/c1-6-7-10-35-11-14-37(15-12-35)38-16-18-39(19-17-38)51(67)55-28-34(4)50(66)57-30-47(64)60(5)49-40-20-22-45(72-54(70)71-32-33(2)3)42(27-40)41-25-36(13-21-44(41)62)26-43(59-46(63)29-56-53(49)69)52(68)58-31-48(65)61-23-8-9-24-61/h11-22,25,27,33-34,43,49,62H,6-10,23-24,26,28-32H2,1-5H3,(H,55,67)(H,56,69)(H,57,66)(H,58,68)(H,59,63)/t34-,43+,49?/m1/s1. The highest BCUT2D eigenvalue weighted by Crippen LogP contribution is 2.39. The van der Waals surface area contributed by atoms with Crippen LogP contribution in [-0.4, -0.2) is 121 Å². The van der Waals surface area contributed by atoms with E-state index in [0.717, 1.165) is 48.1 Å². The van der Waals surface area contributed by atoms with Crippen molar-refractivity contribution in [2.75, 3.05) is 52.9 Å². The maximum atomic E-state index is 14.2. The van der Waals surface area contributed by atoms with Crippen LogP contribution in [0.15, 0.2) is 84.9 Å². The first-order valence-electron chi connectivity index (χ1n) is 24.5. The van der Waals surface area contributed by atoms with Crippen molar-refractivity contribution in [3.63, 3.8) is 0 Å². The second-order valence-electron chi connectivity index (χ2n) is 18.6. The van der Waals surface area contributed by atoms with E-state index < -0.39 is 66.8 Å². The number of hydrogen-bond acceptors (Lipinski definition) is 11. The SMILES string of the molecule is CCCCc1ccc(-c2ccc(C(=O)NC[C@@H](C)C(=O)NCC(=O)N(C)C3C(=O)NCC(=O)N[C@H](C(=O)NCC(=O)N4CCCC4)Cc4ccc(O)c(c4)-c4cc3ccc4OC(=O)OCC(C)C)cc2)cc1. The summed E-state index contributed by atoms with van der Waals surface area (Å²) < 4.78 is 10.9. The van der Waals surface area contributed by atoms with Crippen LogP contribution in [0.3, 0.4) is 0 Å². The quantitative estimate of drug-likeness (QED) is 0.0619. The molecule has 382 valence electrons. The van der Waals surface area contributed by atoms with Gasteiger partial charge in [-0.1, -0.05) is 82.6 Å². The van der Waals surface area contributed by atoms with Crippen LogP contribution in [0.1, 0.15) is 86.5 Å². The Morgan fingerprint density at radius 2 is 1.53 bits per heavy atom. The van der Waals surface area contributed by atoms with Gasteiger partial charge in [-0.25, -0.2) is 4.79 Å². The number of aryl methyl sites for hydroxylation is 1. The molecule has 4 aromatic carbocycles. The Hall–Kier alpha value is -7.76. The molecule has 18 heteroatoms. The molecule has 6 rings (SSSR count). The molecule has 0 spiro atoms. The first-order valence-corrected chi connectivity index (χ1v) is 24.5. The summed E-state index contributed by atoms with van der Waals surface area (Å²) in [5.74, 6) is -5.31. The number of ether oxygens (including phenoxy) is 2. The number of phenols is 1. The zero-order valence-corrected chi connectivity index (χ0v) is 41.5. The molecule has 2 aliphatic heterocycles. The number of phenolic OH excluding ortho intramolecular Hbond substituents is 1. The molecule has 72 heavy (non-hydrogen) atoms. The predicted octanol–water partition coefficient (Wildman–Crippen LogP) is 4.82. The number of aromatic hydroxyl groups is 1. The number of fused-ring (bicyclic) bond motifs is 5. The molecule has 4 aromatic rings. The van der Waals surface area contributed by atoms with Crippen molar-refractivity contribution in [1.29, 1.82) is 0 Å². The van der Waals surface area contributed by atoms with Crippen molar-refractivity contribution < 1.29 is 52.9 Å². The van der Waals surface area contributed by atoms with Gasteiger partial charge >= 0.3 is 6.16 Å². The highest BCUT2D eigenvalue weighted by Gasteiger charge is 2.32. The van der Waals surface area contributed by atoms with E-state index >= 15 is 0 Å². The molecule has 3 atom stereocenters. The Balaban J connectivity index is 1.17. The highest BCUT2D eigenvalue weighted by molar-refractivity contribution is 5.97. The van der Waals surface area contributed by atoms with Crippen molar-refractivity contribution in [2.24, 2.45) is 11.8 Å². The van der Waals surface area contributed by atoms with Crippen LogP contribution in [0.4, 0.5) is 4.79 Å². The summed E-state index contributed by atoms with van der Waals surface area (Å²) in [6.07, 6.45) is 3.85. The number of nitrogens with zero attached hydrogens (tertiary/aromatic N) is 2. The summed E-state index contributed by atoms with van der Waals surface area (Å²) in [6, 6.07) is 21.5. The van der Waals surface area contributed by atoms with E-state index in [1.165, 1.54) is 42.9 Å². The Morgan fingerprint density at radius 1 is 0.833 bits per heavy atom. The van der Waals surface area contributed by atoms with Crippen molar-refractivity contribution in [2.45, 2.75) is 78.3 Å². The van der Waals surface area contributed by atoms with Crippen LogP contribution < -0.4 is 31.3 Å². The average molecular weight is 988 g/mol. The number of hydrogen-bond donors (Lipinski definition) is 6. The van der Waals surface area contributed by atoms with E-state index in [1.807, 2.05) is 26.0 Å². The molecule has 0 saturated carbocycles. The summed E-state index contributed by atoms with van der Waals surface area (Å²) in [5, 5.41) is 24.5.